The van der Waals surface area contributed by atoms with Crippen LogP contribution in [0.1, 0.15) is 11.1 Å². The Bertz CT molecular complexity index is 917. The molecule has 0 saturated carbocycles. The lowest BCUT2D eigenvalue weighted by Crippen LogP contribution is -2.05. The van der Waals surface area contributed by atoms with Crippen molar-refractivity contribution in [2.24, 2.45) is 0 Å². The van der Waals surface area contributed by atoms with Crippen LogP contribution in [-0.2, 0) is 6.18 Å². The summed E-state index contributed by atoms with van der Waals surface area (Å²) < 4.78 is 44.8. The van der Waals surface area contributed by atoms with Gasteiger partial charge in [0.2, 0.25) is 0 Å². The highest BCUT2D eigenvalue weighted by Gasteiger charge is 2.31. The SMILES string of the molecule is N#Cc1ccc(Oc2ccc(C(F)(F)F)cc2-c2ccnnc2)cc1. The van der Waals surface area contributed by atoms with Crippen LogP contribution in [0.5, 0.6) is 11.5 Å². The van der Waals surface area contributed by atoms with E-state index in [1.807, 2.05) is 6.07 Å². The van der Waals surface area contributed by atoms with Crippen molar-refractivity contribution in [1.82, 2.24) is 10.2 Å². The number of nitrogens with zero attached hydrogens (tertiary/aromatic N) is 3. The molecule has 0 unspecified atom stereocenters. The Balaban J connectivity index is 2.04. The van der Waals surface area contributed by atoms with Gasteiger partial charge in [-0.2, -0.15) is 28.6 Å². The number of aromatic nitrogens is 2. The van der Waals surface area contributed by atoms with Crippen LogP contribution >= 0.6 is 0 Å². The zero-order valence-corrected chi connectivity index (χ0v) is 12.7. The average Bonchev–Trinajstić information content (AvgIpc) is 2.62. The Morgan fingerprint density at radius 2 is 1.72 bits per heavy atom. The minimum Gasteiger partial charge on any atom is -0.457 e. The van der Waals surface area contributed by atoms with Crippen molar-refractivity contribution in [2.75, 3.05) is 0 Å². The van der Waals surface area contributed by atoms with E-state index >= 15 is 0 Å². The molecule has 1 heterocycles. The number of hydrogen-bond acceptors (Lipinski definition) is 4. The summed E-state index contributed by atoms with van der Waals surface area (Å²) in [6, 6.07) is 13.0. The molecule has 2 aromatic carbocycles. The Kier molecular flexibility index (Phi) is 4.35. The fourth-order valence-corrected chi connectivity index (χ4v) is 2.20. The number of rotatable bonds is 3. The Morgan fingerprint density at radius 3 is 2.32 bits per heavy atom. The number of ether oxygens (including phenoxy) is 1. The van der Waals surface area contributed by atoms with Crippen molar-refractivity contribution in [1.29, 1.82) is 5.26 Å². The van der Waals surface area contributed by atoms with Gasteiger partial charge in [0, 0.05) is 11.1 Å². The molecule has 0 fully saturated rings. The van der Waals surface area contributed by atoms with Gasteiger partial charge in [-0.15, -0.1) is 0 Å². The zero-order chi connectivity index (χ0) is 17.9. The number of nitriles is 1. The van der Waals surface area contributed by atoms with E-state index in [1.165, 1.54) is 18.5 Å². The Hall–Kier alpha value is -3.40. The maximum Gasteiger partial charge on any atom is 0.416 e. The van der Waals surface area contributed by atoms with E-state index in [1.54, 1.807) is 30.3 Å². The van der Waals surface area contributed by atoms with Crippen molar-refractivity contribution < 1.29 is 17.9 Å². The van der Waals surface area contributed by atoms with Crippen LogP contribution in [-0.4, -0.2) is 10.2 Å². The summed E-state index contributed by atoms with van der Waals surface area (Å²) >= 11 is 0. The highest BCUT2D eigenvalue weighted by atomic mass is 19.4. The second kappa shape index (κ2) is 6.61. The molecule has 25 heavy (non-hydrogen) atoms. The third kappa shape index (κ3) is 3.75. The summed E-state index contributed by atoms with van der Waals surface area (Å²) in [5, 5.41) is 16.1. The summed E-state index contributed by atoms with van der Waals surface area (Å²) in [7, 11) is 0. The molecule has 7 heteroatoms. The van der Waals surface area contributed by atoms with Gasteiger partial charge in [0.25, 0.3) is 0 Å². The lowest BCUT2D eigenvalue weighted by atomic mass is 10.0. The van der Waals surface area contributed by atoms with Crippen molar-refractivity contribution in [3.05, 3.63) is 72.1 Å². The average molecular weight is 341 g/mol. The van der Waals surface area contributed by atoms with Gasteiger partial charge < -0.3 is 4.74 Å². The Labute approximate surface area is 141 Å². The predicted molar refractivity (Wildman–Crippen MR) is 83.7 cm³/mol. The van der Waals surface area contributed by atoms with Gasteiger partial charge in [-0.1, -0.05) is 0 Å². The van der Waals surface area contributed by atoms with Gasteiger partial charge in [-0.05, 0) is 48.5 Å². The first-order chi connectivity index (χ1) is 12.0. The van der Waals surface area contributed by atoms with Crippen LogP contribution in [0.3, 0.4) is 0 Å². The summed E-state index contributed by atoms with van der Waals surface area (Å²) in [4.78, 5) is 0. The first kappa shape index (κ1) is 16.5. The molecule has 124 valence electrons. The van der Waals surface area contributed by atoms with Gasteiger partial charge in [0.1, 0.15) is 11.5 Å². The molecule has 0 radical (unpaired) electrons. The second-order valence-electron chi connectivity index (χ2n) is 5.08. The normalized spacial score (nSPS) is 11.0. The Morgan fingerprint density at radius 1 is 0.960 bits per heavy atom. The molecule has 0 saturated heterocycles. The van der Waals surface area contributed by atoms with Crippen molar-refractivity contribution >= 4 is 0 Å². The number of halogens is 3. The minimum atomic E-state index is -4.47. The van der Waals surface area contributed by atoms with E-state index in [4.69, 9.17) is 10.00 Å². The fourth-order valence-electron chi connectivity index (χ4n) is 2.20. The van der Waals surface area contributed by atoms with Crippen LogP contribution in [0.15, 0.2) is 60.9 Å². The lowest BCUT2D eigenvalue weighted by Gasteiger charge is -2.14. The third-order valence-corrected chi connectivity index (χ3v) is 3.41. The molecular formula is C18H10F3N3O. The van der Waals surface area contributed by atoms with E-state index < -0.39 is 11.7 Å². The van der Waals surface area contributed by atoms with E-state index in [0.717, 1.165) is 12.1 Å². The summed E-state index contributed by atoms with van der Waals surface area (Å²) in [6.07, 6.45) is -1.72. The quantitative estimate of drug-likeness (QED) is 0.685. The maximum atomic E-state index is 13.0. The molecule has 4 nitrogen and oxygen atoms in total. The molecule has 0 atom stereocenters. The molecule has 3 aromatic rings. The first-order valence-electron chi connectivity index (χ1n) is 7.14. The molecule has 1 aromatic heterocycles. The van der Waals surface area contributed by atoms with Gasteiger partial charge in [-0.25, -0.2) is 0 Å². The van der Waals surface area contributed by atoms with Crippen molar-refractivity contribution in [3.8, 4) is 28.7 Å². The smallest absolute Gasteiger partial charge is 0.416 e. The number of benzene rings is 2. The summed E-state index contributed by atoms with van der Waals surface area (Å²) in [5.41, 5.74) is 0.364. The number of alkyl halides is 3. The molecular weight excluding hydrogens is 331 g/mol. The minimum absolute atomic E-state index is 0.241. The largest absolute Gasteiger partial charge is 0.457 e. The molecule has 0 aliphatic rings. The van der Waals surface area contributed by atoms with E-state index in [0.29, 0.717) is 16.9 Å². The molecule has 0 bridgehead atoms. The van der Waals surface area contributed by atoms with Crippen LogP contribution < -0.4 is 4.74 Å². The zero-order valence-electron chi connectivity index (χ0n) is 12.7. The van der Waals surface area contributed by atoms with E-state index in [9.17, 15) is 13.2 Å². The van der Waals surface area contributed by atoms with E-state index in [2.05, 4.69) is 10.2 Å². The van der Waals surface area contributed by atoms with Crippen LogP contribution in [0.25, 0.3) is 11.1 Å². The highest BCUT2D eigenvalue weighted by Crippen LogP contribution is 2.38. The summed E-state index contributed by atoms with van der Waals surface area (Å²) in [6.45, 7) is 0. The van der Waals surface area contributed by atoms with Crippen molar-refractivity contribution in [3.63, 3.8) is 0 Å². The van der Waals surface area contributed by atoms with Gasteiger partial charge in [0.15, 0.2) is 0 Å². The topological polar surface area (TPSA) is 58.8 Å². The van der Waals surface area contributed by atoms with Gasteiger partial charge in [0.05, 0.1) is 29.6 Å². The predicted octanol–water partition coefficient (Wildman–Crippen LogP) is 4.83. The highest BCUT2D eigenvalue weighted by molar-refractivity contribution is 5.71. The van der Waals surface area contributed by atoms with Gasteiger partial charge >= 0.3 is 6.18 Å². The monoisotopic (exact) mass is 341 g/mol. The maximum absolute atomic E-state index is 13.0. The molecule has 3 rings (SSSR count). The fraction of sp³-hybridized carbons (Fsp3) is 0.0556. The van der Waals surface area contributed by atoms with Crippen LogP contribution in [0.4, 0.5) is 13.2 Å². The summed E-state index contributed by atoms with van der Waals surface area (Å²) in [5.74, 6) is 0.646. The molecule has 0 spiro atoms. The van der Waals surface area contributed by atoms with Crippen LogP contribution in [0.2, 0.25) is 0 Å². The lowest BCUT2D eigenvalue weighted by molar-refractivity contribution is -0.137. The first-order valence-corrected chi connectivity index (χ1v) is 7.14. The van der Waals surface area contributed by atoms with Crippen LogP contribution in [0, 0.1) is 11.3 Å². The van der Waals surface area contributed by atoms with E-state index in [-0.39, 0.29) is 11.3 Å². The molecule has 0 aliphatic carbocycles. The number of hydrogen-bond donors (Lipinski definition) is 0. The molecule has 0 N–H and O–H groups in total. The van der Waals surface area contributed by atoms with Gasteiger partial charge in [-0.3, -0.25) is 0 Å². The standard InChI is InChI=1S/C18H10F3N3O/c19-18(20,21)14-3-6-17(16(9-14)13-7-8-23-24-11-13)25-15-4-1-12(10-22)2-5-15/h1-9,11H. The van der Waals surface area contributed by atoms with Crippen molar-refractivity contribution in [2.45, 2.75) is 6.18 Å². The second-order valence-corrected chi connectivity index (χ2v) is 5.08. The molecule has 0 amide bonds. The molecule has 0 aliphatic heterocycles. The third-order valence-electron chi connectivity index (χ3n) is 3.41.